The molecule has 0 saturated heterocycles. The molecule has 0 fully saturated rings. The van der Waals surface area contributed by atoms with Crippen LogP contribution < -0.4 is 25.9 Å². The van der Waals surface area contributed by atoms with Crippen molar-refractivity contribution in [2.75, 3.05) is 25.1 Å². The van der Waals surface area contributed by atoms with Crippen molar-refractivity contribution in [3.63, 3.8) is 0 Å². The second-order valence-electron chi connectivity index (χ2n) is 8.04. The van der Waals surface area contributed by atoms with Gasteiger partial charge in [0.15, 0.2) is 18.1 Å². The van der Waals surface area contributed by atoms with Gasteiger partial charge in [0.1, 0.15) is 5.00 Å². The molecular weight excluding hydrogens is 500 g/mol. The summed E-state index contributed by atoms with van der Waals surface area (Å²) < 4.78 is 16.0. The third-order valence-corrected chi connectivity index (χ3v) is 6.56. The molecule has 1 heterocycles. The van der Waals surface area contributed by atoms with Crippen molar-refractivity contribution in [2.24, 2.45) is 10.8 Å². The highest BCUT2D eigenvalue weighted by Crippen LogP contribution is 2.38. The van der Waals surface area contributed by atoms with Gasteiger partial charge in [0, 0.05) is 4.88 Å². The predicted molar refractivity (Wildman–Crippen MR) is 138 cm³/mol. The van der Waals surface area contributed by atoms with Crippen molar-refractivity contribution in [2.45, 2.75) is 46.0 Å². The van der Waals surface area contributed by atoms with Gasteiger partial charge in [-0.3, -0.25) is 14.4 Å². The summed E-state index contributed by atoms with van der Waals surface area (Å²) in [4.78, 5) is 49.6. The molecule has 0 radical (unpaired) electrons. The molecular formula is C25H30N4O7S. The Morgan fingerprint density at radius 3 is 2.54 bits per heavy atom. The summed E-state index contributed by atoms with van der Waals surface area (Å²) >= 11 is 1.30. The molecule has 1 aromatic heterocycles. The summed E-state index contributed by atoms with van der Waals surface area (Å²) in [5.41, 5.74) is 9.05. The molecule has 37 heavy (non-hydrogen) atoms. The van der Waals surface area contributed by atoms with Gasteiger partial charge in [-0.1, -0.05) is 6.42 Å². The molecule has 11 nitrogen and oxygen atoms in total. The Balaban J connectivity index is 1.68. The number of hydrogen-bond donors (Lipinski definition) is 3. The third-order valence-electron chi connectivity index (χ3n) is 5.35. The lowest BCUT2D eigenvalue weighted by atomic mass is 10.1. The minimum Gasteiger partial charge on any atom is -0.490 e. The Morgan fingerprint density at radius 1 is 1.03 bits per heavy atom. The Labute approximate surface area is 218 Å². The maximum atomic E-state index is 12.6. The van der Waals surface area contributed by atoms with E-state index in [0.717, 1.165) is 42.5 Å². The van der Waals surface area contributed by atoms with Crippen LogP contribution in [0.1, 0.15) is 59.5 Å². The molecule has 1 aliphatic rings. The van der Waals surface area contributed by atoms with Crippen LogP contribution in [-0.4, -0.2) is 49.7 Å². The van der Waals surface area contributed by atoms with Gasteiger partial charge in [-0.25, -0.2) is 10.2 Å². The van der Waals surface area contributed by atoms with E-state index >= 15 is 0 Å². The fourth-order valence-electron chi connectivity index (χ4n) is 3.77. The van der Waals surface area contributed by atoms with Crippen LogP contribution in [0.3, 0.4) is 0 Å². The number of amides is 3. The van der Waals surface area contributed by atoms with Gasteiger partial charge in [-0.2, -0.15) is 5.10 Å². The van der Waals surface area contributed by atoms with Crippen molar-refractivity contribution >= 4 is 46.2 Å². The number of nitrogens with two attached hydrogens (primary N) is 1. The monoisotopic (exact) mass is 530 g/mol. The number of hydrazone groups is 1. The van der Waals surface area contributed by atoms with E-state index in [4.69, 9.17) is 19.9 Å². The topological polar surface area (TPSA) is 158 Å². The molecule has 12 heteroatoms. The van der Waals surface area contributed by atoms with Crippen molar-refractivity contribution in [3.05, 3.63) is 39.8 Å². The molecule has 1 aliphatic carbocycles. The standard InChI is InChI=1S/C25H30N4O7S/c1-3-34-18-12-15(10-11-17(18)36-14-20(26)30)13-27-29-23(32)22(31)28-24-21(25(33)35-4-2)16-8-6-5-7-9-19(16)37-24/h10-13H,3-9,14H2,1-2H3,(H2,26,30)(H,28,31)(H,29,32). The number of ether oxygens (including phenoxy) is 3. The molecule has 0 unspecified atom stereocenters. The van der Waals surface area contributed by atoms with E-state index in [1.165, 1.54) is 17.6 Å². The molecule has 1 aromatic carbocycles. The summed E-state index contributed by atoms with van der Waals surface area (Å²) in [5, 5.41) is 6.69. The smallest absolute Gasteiger partial charge is 0.341 e. The average Bonchev–Trinajstić information content (AvgIpc) is 3.03. The number of nitrogens with one attached hydrogen (secondary N) is 2. The van der Waals surface area contributed by atoms with E-state index in [2.05, 4.69) is 15.8 Å². The lowest BCUT2D eigenvalue weighted by molar-refractivity contribution is -0.136. The van der Waals surface area contributed by atoms with E-state index in [1.807, 2.05) is 0 Å². The second-order valence-corrected chi connectivity index (χ2v) is 9.14. The van der Waals surface area contributed by atoms with Gasteiger partial charge in [0.2, 0.25) is 0 Å². The van der Waals surface area contributed by atoms with Gasteiger partial charge >= 0.3 is 17.8 Å². The number of benzene rings is 1. The zero-order valence-corrected chi connectivity index (χ0v) is 21.6. The lowest BCUT2D eigenvalue weighted by Gasteiger charge is -2.11. The van der Waals surface area contributed by atoms with E-state index < -0.39 is 23.7 Å². The first-order valence-corrected chi connectivity index (χ1v) is 12.8. The fourth-order valence-corrected chi connectivity index (χ4v) is 5.04. The number of esters is 1. The van der Waals surface area contributed by atoms with Crippen LogP contribution in [0.15, 0.2) is 23.3 Å². The molecule has 2 aromatic rings. The van der Waals surface area contributed by atoms with Crippen LogP contribution in [-0.2, 0) is 32.0 Å². The highest BCUT2D eigenvalue weighted by Gasteiger charge is 2.27. The number of anilines is 1. The molecule has 0 aliphatic heterocycles. The molecule has 0 saturated carbocycles. The zero-order valence-electron chi connectivity index (χ0n) is 20.8. The largest absolute Gasteiger partial charge is 0.490 e. The van der Waals surface area contributed by atoms with Crippen LogP contribution in [0.25, 0.3) is 0 Å². The molecule has 0 atom stereocenters. The van der Waals surface area contributed by atoms with Gasteiger partial charge < -0.3 is 25.3 Å². The maximum Gasteiger partial charge on any atom is 0.341 e. The summed E-state index contributed by atoms with van der Waals surface area (Å²) in [6.07, 6.45) is 5.88. The quantitative estimate of drug-likeness (QED) is 0.140. The number of rotatable bonds is 10. The highest BCUT2D eigenvalue weighted by atomic mass is 32.1. The summed E-state index contributed by atoms with van der Waals surface area (Å²) in [6, 6.07) is 4.79. The molecule has 198 valence electrons. The van der Waals surface area contributed by atoms with Gasteiger partial charge in [0.05, 0.1) is 25.0 Å². The van der Waals surface area contributed by atoms with Gasteiger partial charge in [0.25, 0.3) is 5.91 Å². The number of hydrogen-bond acceptors (Lipinski definition) is 9. The number of fused-ring (bicyclic) bond motifs is 1. The Bertz CT molecular complexity index is 1190. The maximum absolute atomic E-state index is 12.6. The number of aryl methyl sites for hydroxylation is 1. The van der Waals surface area contributed by atoms with Crippen LogP contribution >= 0.6 is 11.3 Å². The van der Waals surface area contributed by atoms with Crippen molar-refractivity contribution in [3.8, 4) is 11.5 Å². The van der Waals surface area contributed by atoms with Crippen LogP contribution in [0.2, 0.25) is 0 Å². The summed E-state index contributed by atoms with van der Waals surface area (Å²) in [6.45, 7) is 3.76. The van der Waals surface area contributed by atoms with E-state index in [-0.39, 0.29) is 13.2 Å². The number of nitrogens with zero attached hydrogens (tertiary/aromatic N) is 1. The predicted octanol–water partition coefficient (Wildman–Crippen LogP) is 2.55. The first-order valence-electron chi connectivity index (χ1n) is 12.0. The van der Waals surface area contributed by atoms with Crippen molar-refractivity contribution in [1.29, 1.82) is 0 Å². The van der Waals surface area contributed by atoms with E-state index in [0.29, 0.717) is 34.2 Å². The van der Waals surface area contributed by atoms with Crippen LogP contribution in [0, 0.1) is 0 Å². The first-order chi connectivity index (χ1) is 17.8. The molecule has 0 spiro atoms. The molecule has 0 bridgehead atoms. The molecule has 3 rings (SSSR count). The summed E-state index contributed by atoms with van der Waals surface area (Å²) in [7, 11) is 0. The van der Waals surface area contributed by atoms with Crippen molar-refractivity contribution in [1.82, 2.24) is 5.43 Å². The normalized spacial score (nSPS) is 12.8. The number of carbonyl (C=O) groups is 4. The Hall–Kier alpha value is -3.93. The molecule has 4 N–H and O–H groups in total. The van der Waals surface area contributed by atoms with E-state index in [9.17, 15) is 19.2 Å². The second kappa shape index (κ2) is 13.4. The molecule has 3 amide bonds. The Morgan fingerprint density at radius 2 is 1.81 bits per heavy atom. The zero-order chi connectivity index (χ0) is 26.8. The van der Waals surface area contributed by atoms with Crippen molar-refractivity contribution < 1.29 is 33.4 Å². The summed E-state index contributed by atoms with van der Waals surface area (Å²) in [5.74, 6) is -2.40. The van der Waals surface area contributed by atoms with Gasteiger partial charge in [-0.15, -0.1) is 11.3 Å². The Kier molecular flexibility index (Phi) is 10.0. The minimum atomic E-state index is -0.999. The number of primary amides is 1. The SMILES string of the molecule is CCOC(=O)c1c(NC(=O)C(=O)NN=Cc2ccc(OCC(N)=O)c(OCC)c2)sc2c1CCCCC2. The number of thiophene rings is 1. The van der Waals surface area contributed by atoms with Crippen LogP contribution in [0.4, 0.5) is 5.00 Å². The van der Waals surface area contributed by atoms with E-state index in [1.54, 1.807) is 32.0 Å². The lowest BCUT2D eigenvalue weighted by Crippen LogP contribution is -2.32. The minimum absolute atomic E-state index is 0.204. The van der Waals surface area contributed by atoms with Crippen LogP contribution in [0.5, 0.6) is 11.5 Å². The first kappa shape index (κ1) is 27.7. The third kappa shape index (κ3) is 7.53. The highest BCUT2D eigenvalue weighted by molar-refractivity contribution is 7.17. The van der Waals surface area contributed by atoms with Gasteiger partial charge in [-0.05, 0) is 68.9 Å². The number of carbonyl (C=O) groups excluding carboxylic acids is 4. The average molecular weight is 531 g/mol. The fraction of sp³-hybridized carbons (Fsp3) is 0.400.